The molecule has 3 amide bonds. The van der Waals surface area contributed by atoms with Gasteiger partial charge in [0.05, 0.1) is 5.92 Å². The minimum Gasteiger partial charge on any atom is -0.334 e. The molecule has 2 unspecified atom stereocenters. The lowest BCUT2D eigenvalue weighted by atomic mass is 9.99. The monoisotopic (exact) mass is 246 g/mol. The lowest BCUT2D eigenvalue weighted by Crippen LogP contribution is -2.58. The van der Waals surface area contributed by atoms with Crippen LogP contribution in [0.4, 0.5) is 4.79 Å². The normalized spacial score (nSPS) is 24.0. The highest BCUT2D eigenvalue weighted by molar-refractivity contribution is 5.98. The molecule has 4 heteroatoms. The standard InChI is InChI=1S/C14H18N2O2/c1-10-11(2)15-14(18)16(13(10)17)9-8-12-6-4-3-5-7-12/h3-7,10-11H,8-9H2,1-2H3,(H,15,18). The highest BCUT2D eigenvalue weighted by Gasteiger charge is 2.35. The van der Waals surface area contributed by atoms with Gasteiger partial charge in [-0.1, -0.05) is 37.3 Å². The Hall–Kier alpha value is -1.84. The average Bonchev–Trinajstić information content (AvgIpc) is 2.37. The molecule has 96 valence electrons. The Morgan fingerprint density at radius 2 is 1.83 bits per heavy atom. The number of urea groups is 1. The van der Waals surface area contributed by atoms with Gasteiger partial charge in [-0.2, -0.15) is 0 Å². The largest absolute Gasteiger partial charge is 0.334 e. The molecule has 4 nitrogen and oxygen atoms in total. The summed E-state index contributed by atoms with van der Waals surface area (Å²) in [5.41, 5.74) is 1.13. The van der Waals surface area contributed by atoms with E-state index in [0.29, 0.717) is 13.0 Å². The molecule has 1 heterocycles. The zero-order valence-corrected chi connectivity index (χ0v) is 10.7. The second-order valence-corrected chi connectivity index (χ2v) is 4.75. The van der Waals surface area contributed by atoms with Gasteiger partial charge in [0.1, 0.15) is 0 Å². The molecule has 0 radical (unpaired) electrons. The van der Waals surface area contributed by atoms with Crippen molar-refractivity contribution in [2.45, 2.75) is 26.3 Å². The molecule has 1 saturated heterocycles. The van der Waals surface area contributed by atoms with Crippen LogP contribution in [-0.2, 0) is 11.2 Å². The first-order valence-corrected chi connectivity index (χ1v) is 6.25. The number of nitrogens with one attached hydrogen (secondary N) is 1. The third-order valence-corrected chi connectivity index (χ3v) is 3.47. The molecule has 1 aromatic carbocycles. The van der Waals surface area contributed by atoms with Gasteiger partial charge in [-0.3, -0.25) is 9.69 Å². The molecule has 1 fully saturated rings. The van der Waals surface area contributed by atoms with Crippen LogP contribution in [0, 0.1) is 5.92 Å². The lowest BCUT2D eigenvalue weighted by molar-refractivity contribution is -0.134. The lowest BCUT2D eigenvalue weighted by Gasteiger charge is -2.34. The Labute approximate surface area is 107 Å². The van der Waals surface area contributed by atoms with Crippen LogP contribution in [0.25, 0.3) is 0 Å². The summed E-state index contributed by atoms with van der Waals surface area (Å²) in [7, 11) is 0. The number of imide groups is 1. The molecule has 0 saturated carbocycles. The van der Waals surface area contributed by atoms with E-state index in [4.69, 9.17) is 0 Å². The summed E-state index contributed by atoms with van der Waals surface area (Å²) in [6.07, 6.45) is 0.696. The summed E-state index contributed by atoms with van der Waals surface area (Å²) >= 11 is 0. The van der Waals surface area contributed by atoms with Crippen LogP contribution in [0.2, 0.25) is 0 Å². The van der Waals surface area contributed by atoms with Gasteiger partial charge in [-0.25, -0.2) is 4.79 Å². The molecule has 1 aliphatic heterocycles. The number of carbonyl (C=O) groups excluding carboxylic acids is 2. The Bertz CT molecular complexity index is 444. The summed E-state index contributed by atoms with van der Waals surface area (Å²) < 4.78 is 0. The van der Waals surface area contributed by atoms with Crippen molar-refractivity contribution in [3.8, 4) is 0 Å². The fourth-order valence-electron chi connectivity index (χ4n) is 2.05. The molecule has 1 aliphatic rings. The van der Waals surface area contributed by atoms with Crippen LogP contribution in [0.5, 0.6) is 0 Å². The zero-order valence-electron chi connectivity index (χ0n) is 10.7. The Morgan fingerprint density at radius 3 is 2.50 bits per heavy atom. The van der Waals surface area contributed by atoms with Gasteiger partial charge in [0.15, 0.2) is 0 Å². The number of hydrogen-bond donors (Lipinski definition) is 1. The van der Waals surface area contributed by atoms with E-state index in [1.165, 1.54) is 4.90 Å². The summed E-state index contributed by atoms with van der Waals surface area (Å²) in [6, 6.07) is 9.50. The van der Waals surface area contributed by atoms with Crippen LogP contribution in [-0.4, -0.2) is 29.4 Å². The summed E-state index contributed by atoms with van der Waals surface area (Å²) in [5.74, 6) is -0.236. The highest BCUT2D eigenvalue weighted by atomic mass is 16.2. The van der Waals surface area contributed by atoms with Crippen molar-refractivity contribution in [3.63, 3.8) is 0 Å². The summed E-state index contributed by atoms with van der Waals surface area (Å²) in [5, 5.41) is 2.81. The number of amides is 3. The van der Waals surface area contributed by atoms with E-state index in [1.54, 1.807) is 0 Å². The van der Waals surface area contributed by atoms with Gasteiger partial charge < -0.3 is 5.32 Å². The van der Waals surface area contributed by atoms with Gasteiger partial charge >= 0.3 is 6.03 Å². The van der Waals surface area contributed by atoms with Crippen molar-refractivity contribution < 1.29 is 9.59 Å². The summed E-state index contributed by atoms with van der Waals surface area (Å²) in [6.45, 7) is 4.14. The van der Waals surface area contributed by atoms with E-state index < -0.39 is 0 Å². The van der Waals surface area contributed by atoms with E-state index in [2.05, 4.69) is 5.32 Å². The minimum absolute atomic E-state index is 0.0813. The molecular formula is C14H18N2O2. The Morgan fingerprint density at radius 1 is 1.17 bits per heavy atom. The molecule has 2 rings (SSSR count). The number of rotatable bonds is 3. The van der Waals surface area contributed by atoms with Gasteiger partial charge in [0, 0.05) is 12.6 Å². The van der Waals surface area contributed by atoms with Crippen LogP contribution >= 0.6 is 0 Å². The Balaban J connectivity index is 2.00. The maximum atomic E-state index is 12.0. The van der Waals surface area contributed by atoms with Crippen LogP contribution in [0.3, 0.4) is 0 Å². The smallest absolute Gasteiger partial charge is 0.324 e. The first-order chi connectivity index (χ1) is 8.59. The molecule has 18 heavy (non-hydrogen) atoms. The minimum atomic E-state index is -0.276. The van der Waals surface area contributed by atoms with Gasteiger partial charge in [0.25, 0.3) is 0 Å². The first kappa shape index (κ1) is 12.6. The van der Waals surface area contributed by atoms with E-state index in [9.17, 15) is 9.59 Å². The van der Waals surface area contributed by atoms with Crippen molar-refractivity contribution >= 4 is 11.9 Å². The molecule has 0 bridgehead atoms. The number of nitrogens with zero attached hydrogens (tertiary/aromatic N) is 1. The predicted molar refractivity (Wildman–Crippen MR) is 69.0 cm³/mol. The molecule has 1 aromatic rings. The van der Waals surface area contributed by atoms with Gasteiger partial charge in [-0.15, -0.1) is 0 Å². The zero-order chi connectivity index (χ0) is 13.1. The van der Waals surface area contributed by atoms with Crippen LogP contribution < -0.4 is 5.32 Å². The fraction of sp³-hybridized carbons (Fsp3) is 0.429. The van der Waals surface area contributed by atoms with Crippen molar-refractivity contribution in [1.82, 2.24) is 10.2 Å². The second kappa shape index (κ2) is 5.21. The topological polar surface area (TPSA) is 49.4 Å². The third-order valence-electron chi connectivity index (χ3n) is 3.47. The molecule has 1 N–H and O–H groups in total. The van der Waals surface area contributed by atoms with E-state index in [1.807, 2.05) is 44.2 Å². The van der Waals surface area contributed by atoms with Gasteiger partial charge in [-0.05, 0) is 18.9 Å². The average molecular weight is 246 g/mol. The van der Waals surface area contributed by atoms with Gasteiger partial charge in [0.2, 0.25) is 5.91 Å². The molecule has 0 aromatic heterocycles. The van der Waals surface area contributed by atoms with Crippen molar-refractivity contribution in [1.29, 1.82) is 0 Å². The van der Waals surface area contributed by atoms with E-state index in [-0.39, 0.29) is 23.9 Å². The van der Waals surface area contributed by atoms with Crippen molar-refractivity contribution in [3.05, 3.63) is 35.9 Å². The second-order valence-electron chi connectivity index (χ2n) is 4.75. The maximum absolute atomic E-state index is 12.0. The SMILES string of the molecule is CC1NC(=O)N(CCc2ccccc2)C(=O)C1C. The maximum Gasteiger partial charge on any atom is 0.324 e. The first-order valence-electron chi connectivity index (χ1n) is 6.25. The quantitative estimate of drug-likeness (QED) is 0.884. The van der Waals surface area contributed by atoms with Crippen molar-refractivity contribution in [2.24, 2.45) is 5.92 Å². The summed E-state index contributed by atoms with van der Waals surface area (Å²) in [4.78, 5) is 25.1. The van der Waals surface area contributed by atoms with Crippen LogP contribution in [0.1, 0.15) is 19.4 Å². The molecule has 2 atom stereocenters. The van der Waals surface area contributed by atoms with Crippen LogP contribution in [0.15, 0.2) is 30.3 Å². The third kappa shape index (κ3) is 2.53. The highest BCUT2D eigenvalue weighted by Crippen LogP contribution is 2.15. The molecule has 0 aliphatic carbocycles. The Kier molecular flexibility index (Phi) is 3.65. The number of hydrogen-bond acceptors (Lipinski definition) is 2. The van der Waals surface area contributed by atoms with E-state index >= 15 is 0 Å². The molecular weight excluding hydrogens is 228 g/mol. The number of benzene rings is 1. The number of carbonyl (C=O) groups is 2. The van der Waals surface area contributed by atoms with E-state index in [0.717, 1.165) is 5.56 Å². The fourth-order valence-corrected chi connectivity index (χ4v) is 2.05. The molecule has 0 spiro atoms. The predicted octanol–water partition coefficient (Wildman–Crippen LogP) is 1.81. The van der Waals surface area contributed by atoms with Crippen molar-refractivity contribution in [2.75, 3.05) is 6.54 Å².